The summed E-state index contributed by atoms with van der Waals surface area (Å²) in [7, 11) is 1.65. The third-order valence-electron chi connectivity index (χ3n) is 3.64. The van der Waals surface area contributed by atoms with Crippen molar-refractivity contribution in [3.63, 3.8) is 0 Å². The summed E-state index contributed by atoms with van der Waals surface area (Å²) >= 11 is 0. The monoisotopic (exact) mass is 262 g/mol. The summed E-state index contributed by atoms with van der Waals surface area (Å²) in [6, 6.07) is 7.54. The third-order valence-corrected chi connectivity index (χ3v) is 3.64. The second-order valence-corrected chi connectivity index (χ2v) is 5.11. The Morgan fingerprint density at radius 1 is 1.42 bits per heavy atom. The summed E-state index contributed by atoms with van der Waals surface area (Å²) in [4.78, 5) is 12.0. The Bertz CT molecular complexity index is 426. The van der Waals surface area contributed by atoms with Crippen molar-refractivity contribution >= 4 is 5.91 Å². The number of hydrogen-bond donors (Lipinski definition) is 2. The first kappa shape index (κ1) is 13.9. The number of nitrogens with two attached hydrogens (primary N) is 1. The minimum atomic E-state index is -0.417. The molecule has 1 aromatic carbocycles. The van der Waals surface area contributed by atoms with Crippen LogP contribution < -0.4 is 15.8 Å². The molecule has 0 heterocycles. The number of rotatable bonds is 6. The molecule has 1 aliphatic rings. The van der Waals surface area contributed by atoms with Crippen molar-refractivity contribution in [2.45, 2.75) is 38.3 Å². The molecular formula is C15H22N2O2. The minimum Gasteiger partial charge on any atom is -0.497 e. The number of nitrogens with one attached hydrogen (secondary N) is 1. The predicted octanol–water partition coefficient (Wildman–Crippen LogP) is 2.00. The van der Waals surface area contributed by atoms with Gasteiger partial charge in [0.2, 0.25) is 5.91 Å². The lowest BCUT2D eigenvalue weighted by molar-refractivity contribution is -0.123. The molecule has 1 fully saturated rings. The van der Waals surface area contributed by atoms with Crippen molar-refractivity contribution < 1.29 is 9.53 Å². The van der Waals surface area contributed by atoms with Gasteiger partial charge in [0.15, 0.2) is 0 Å². The minimum absolute atomic E-state index is 0.0600. The maximum Gasteiger partial charge on any atom is 0.237 e. The van der Waals surface area contributed by atoms with Crippen LogP contribution in [0.5, 0.6) is 5.75 Å². The summed E-state index contributed by atoms with van der Waals surface area (Å²) in [6.07, 6.45) is 2.99. The highest BCUT2D eigenvalue weighted by Gasteiger charge is 2.34. The van der Waals surface area contributed by atoms with Crippen LogP contribution in [0.25, 0.3) is 0 Å². The molecule has 3 N–H and O–H groups in total. The van der Waals surface area contributed by atoms with Crippen molar-refractivity contribution in [1.82, 2.24) is 5.32 Å². The van der Waals surface area contributed by atoms with E-state index in [0.717, 1.165) is 11.3 Å². The molecule has 0 spiro atoms. The van der Waals surface area contributed by atoms with E-state index in [1.54, 1.807) is 7.11 Å². The number of methoxy groups -OCH3 is 1. The van der Waals surface area contributed by atoms with Gasteiger partial charge in [-0.15, -0.1) is 0 Å². The average Bonchev–Trinajstić information content (AvgIpc) is 3.28. The van der Waals surface area contributed by atoms with E-state index in [-0.39, 0.29) is 11.9 Å². The van der Waals surface area contributed by atoms with Gasteiger partial charge < -0.3 is 15.8 Å². The van der Waals surface area contributed by atoms with Crippen molar-refractivity contribution in [2.75, 3.05) is 7.11 Å². The first-order chi connectivity index (χ1) is 9.15. The Balaban J connectivity index is 2.08. The van der Waals surface area contributed by atoms with Crippen LogP contribution in [0, 0.1) is 5.92 Å². The zero-order valence-corrected chi connectivity index (χ0v) is 11.6. The van der Waals surface area contributed by atoms with Crippen LogP contribution in [-0.2, 0) is 4.79 Å². The zero-order chi connectivity index (χ0) is 13.8. The molecule has 1 amide bonds. The quantitative estimate of drug-likeness (QED) is 0.824. The zero-order valence-electron chi connectivity index (χ0n) is 11.6. The summed E-state index contributed by atoms with van der Waals surface area (Å²) in [6.45, 7) is 1.92. The van der Waals surface area contributed by atoms with Crippen LogP contribution in [0.3, 0.4) is 0 Å². The third kappa shape index (κ3) is 3.47. The fourth-order valence-corrected chi connectivity index (χ4v) is 2.16. The number of hydrogen-bond acceptors (Lipinski definition) is 3. The standard InChI is InChI=1S/C15H22N2O2/c1-3-13(16)15(18)17-14(10-4-5-10)11-6-8-12(19-2)9-7-11/h6-10,13-14H,3-5,16H2,1-2H3,(H,17,18). The lowest BCUT2D eigenvalue weighted by atomic mass is 10.0. The van der Waals surface area contributed by atoms with Gasteiger partial charge in [0.25, 0.3) is 0 Å². The number of amides is 1. The molecular weight excluding hydrogens is 240 g/mol. The molecule has 2 rings (SSSR count). The van der Waals surface area contributed by atoms with E-state index >= 15 is 0 Å². The lowest BCUT2D eigenvalue weighted by Crippen LogP contribution is -2.42. The second-order valence-electron chi connectivity index (χ2n) is 5.11. The van der Waals surface area contributed by atoms with Gasteiger partial charge in [-0.05, 0) is 42.9 Å². The van der Waals surface area contributed by atoms with Gasteiger partial charge >= 0.3 is 0 Å². The maximum atomic E-state index is 12.0. The van der Waals surface area contributed by atoms with Gasteiger partial charge in [0.1, 0.15) is 5.75 Å². The summed E-state index contributed by atoms with van der Waals surface area (Å²) in [5.41, 5.74) is 6.90. The Hall–Kier alpha value is -1.55. The summed E-state index contributed by atoms with van der Waals surface area (Å²) < 4.78 is 5.15. The Morgan fingerprint density at radius 3 is 2.53 bits per heavy atom. The normalized spacial score (nSPS) is 17.6. The first-order valence-electron chi connectivity index (χ1n) is 6.85. The predicted molar refractivity (Wildman–Crippen MR) is 74.9 cm³/mol. The molecule has 19 heavy (non-hydrogen) atoms. The molecule has 0 bridgehead atoms. The number of benzene rings is 1. The number of carbonyl (C=O) groups is 1. The molecule has 2 atom stereocenters. The van der Waals surface area contributed by atoms with Gasteiger partial charge in [-0.25, -0.2) is 0 Å². The van der Waals surface area contributed by atoms with Crippen molar-refractivity contribution in [3.05, 3.63) is 29.8 Å². The highest BCUT2D eigenvalue weighted by atomic mass is 16.5. The molecule has 0 aromatic heterocycles. The number of carbonyl (C=O) groups excluding carboxylic acids is 1. The van der Waals surface area contributed by atoms with E-state index in [0.29, 0.717) is 12.3 Å². The smallest absolute Gasteiger partial charge is 0.237 e. The van der Waals surface area contributed by atoms with Crippen molar-refractivity contribution in [1.29, 1.82) is 0 Å². The van der Waals surface area contributed by atoms with Gasteiger partial charge in [-0.2, -0.15) is 0 Å². The van der Waals surface area contributed by atoms with E-state index in [1.807, 2.05) is 31.2 Å². The maximum absolute atomic E-state index is 12.0. The van der Waals surface area contributed by atoms with Crippen LogP contribution in [0.1, 0.15) is 37.8 Å². The molecule has 2 unspecified atom stereocenters. The Kier molecular flexibility index (Phi) is 4.43. The Labute approximate surface area is 114 Å². The highest BCUT2D eigenvalue weighted by Crippen LogP contribution is 2.41. The van der Waals surface area contributed by atoms with Crippen LogP contribution in [0.2, 0.25) is 0 Å². The van der Waals surface area contributed by atoms with Gasteiger partial charge in [-0.3, -0.25) is 4.79 Å². The molecule has 104 valence electrons. The van der Waals surface area contributed by atoms with E-state index < -0.39 is 6.04 Å². The molecule has 4 heteroatoms. The summed E-state index contributed by atoms with van der Waals surface area (Å²) in [5.74, 6) is 1.31. The molecule has 1 aromatic rings. The van der Waals surface area contributed by atoms with Crippen molar-refractivity contribution in [3.8, 4) is 5.75 Å². The topological polar surface area (TPSA) is 64.4 Å². The Morgan fingerprint density at radius 2 is 2.05 bits per heavy atom. The average molecular weight is 262 g/mol. The second kappa shape index (κ2) is 6.06. The summed E-state index contributed by atoms with van der Waals surface area (Å²) in [5, 5.41) is 3.08. The van der Waals surface area contributed by atoms with Crippen LogP contribution in [-0.4, -0.2) is 19.1 Å². The molecule has 0 saturated heterocycles. The van der Waals surface area contributed by atoms with Crippen molar-refractivity contribution in [2.24, 2.45) is 11.7 Å². The molecule has 0 aliphatic heterocycles. The highest BCUT2D eigenvalue weighted by molar-refractivity contribution is 5.81. The van der Waals surface area contributed by atoms with Gasteiger partial charge in [0.05, 0.1) is 19.2 Å². The fourth-order valence-electron chi connectivity index (χ4n) is 2.16. The van der Waals surface area contributed by atoms with Gasteiger partial charge in [0, 0.05) is 0 Å². The molecule has 1 aliphatic carbocycles. The number of ether oxygens (including phenoxy) is 1. The largest absolute Gasteiger partial charge is 0.497 e. The molecule has 0 radical (unpaired) electrons. The lowest BCUT2D eigenvalue weighted by Gasteiger charge is -2.21. The van der Waals surface area contributed by atoms with Gasteiger partial charge in [-0.1, -0.05) is 19.1 Å². The van der Waals surface area contributed by atoms with E-state index in [4.69, 9.17) is 10.5 Å². The van der Waals surface area contributed by atoms with E-state index in [2.05, 4.69) is 5.32 Å². The molecule has 4 nitrogen and oxygen atoms in total. The fraction of sp³-hybridized carbons (Fsp3) is 0.533. The van der Waals surface area contributed by atoms with E-state index in [9.17, 15) is 4.79 Å². The van der Waals surface area contributed by atoms with E-state index in [1.165, 1.54) is 12.8 Å². The first-order valence-corrected chi connectivity index (χ1v) is 6.85. The SMILES string of the molecule is CCC(N)C(=O)NC(c1ccc(OC)cc1)C1CC1. The van der Waals surface area contributed by atoms with Crippen LogP contribution >= 0.6 is 0 Å². The van der Waals surface area contributed by atoms with Crippen LogP contribution in [0.15, 0.2) is 24.3 Å². The molecule has 1 saturated carbocycles. The van der Waals surface area contributed by atoms with Crippen LogP contribution in [0.4, 0.5) is 0 Å².